The number of nitrogens with zero attached hydrogens (tertiary/aromatic N) is 3. The Labute approximate surface area is 142 Å². The molecule has 0 aliphatic rings. The summed E-state index contributed by atoms with van der Waals surface area (Å²) in [5.74, 6) is -0.541. The molecule has 1 heterocycles. The molecule has 2 aromatic rings. The summed E-state index contributed by atoms with van der Waals surface area (Å²) in [6.07, 6.45) is 1.96. The fraction of sp³-hybridized carbons (Fsp3) is 0.444. The lowest BCUT2D eigenvalue weighted by molar-refractivity contribution is -0.143. The van der Waals surface area contributed by atoms with E-state index in [0.29, 0.717) is 25.3 Å². The van der Waals surface area contributed by atoms with Crippen molar-refractivity contribution in [3.63, 3.8) is 0 Å². The van der Waals surface area contributed by atoms with Gasteiger partial charge in [0, 0.05) is 42.8 Å². The number of aromatic nitrogens is 1. The van der Waals surface area contributed by atoms with Crippen LogP contribution in [0, 0.1) is 0 Å². The number of aryl methyl sites for hydroxylation is 1. The van der Waals surface area contributed by atoms with Crippen molar-refractivity contribution < 1.29 is 14.3 Å². The van der Waals surface area contributed by atoms with E-state index in [0.717, 1.165) is 10.9 Å². The predicted octanol–water partition coefficient (Wildman–Crippen LogP) is 1.75. The Morgan fingerprint density at radius 2 is 1.92 bits per heavy atom. The van der Waals surface area contributed by atoms with Gasteiger partial charge in [-0.15, -0.1) is 0 Å². The van der Waals surface area contributed by atoms with Crippen LogP contribution in [0.3, 0.4) is 0 Å². The zero-order valence-corrected chi connectivity index (χ0v) is 14.8. The van der Waals surface area contributed by atoms with Crippen LogP contribution >= 0.6 is 0 Å². The fourth-order valence-corrected chi connectivity index (χ4v) is 2.53. The molecule has 0 fully saturated rings. The van der Waals surface area contributed by atoms with Crippen molar-refractivity contribution in [2.24, 2.45) is 7.05 Å². The zero-order chi connectivity index (χ0) is 17.7. The predicted molar refractivity (Wildman–Crippen MR) is 94.0 cm³/mol. The summed E-state index contributed by atoms with van der Waals surface area (Å²) in [7, 11) is 5.83. The second-order valence-corrected chi connectivity index (χ2v) is 6.04. The SMILES string of the molecule is CCOC(=O)CN(CCN(C)C)C(=O)c1ccc2c(ccn2C)c1. The Morgan fingerprint density at radius 3 is 2.58 bits per heavy atom. The van der Waals surface area contributed by atoms with Crippen molar-refractivity contribution in [2.45, 2.75) is 6.92 Å². The van der Waals surface area contributed by atoms with Crippen molar-refractivity contribution >= 4 is 22.8 Å². The van der Waals surface area contributed by atoms with Crippen LogP contribution in [0.15, 0.2) is 30.5 Å². The van der Waals surface area contributed by atoms with Crippen molar-refractivity contribution in [3.8, 4) is 0 Å². The van der Waals surface area contributed by atoms with Crippen LogP contribution in [0.4, 0.5) is 0 Å². The summed E-state index contributed by atoms with van der Waals surface area (Å²) in [5.41, 5.74) is 1.65. The van der Waals surface area contributed by atoms with Gasteiger partial charge in [-0.3, -0.25) is 9.59 Å². The fourth-order valence-electron chi connectivity index (χ4n) is 2.53. The van der Waals surface area contributed by atoms with Gasteiger partial charge in [-0.05, 0) is 45.3 Å². The van der Waals surface area contributed by atoms with Crippen LogP contribution in [-0.4, -0.2) is 66.6 Å². The molecule has 0 unspecified atom stereocenters. The van der Waals surface area contributed by atoms with Crippen LogP contribution < -0.4 is 0 Å². The molecule has 0 spiro atoms. The molecule has 24 heavy (non-hydrogen) atoms. The second kappa shape index (κ2) is 7.97. The first-order valence-corrected chi connectivity index (χ1v) is 8.07. The van der Waals surface area contributed by atoms with Crippen LogP contribution in [0.2, 0.25) is 0 Å². The number of likely N-dealkylation sites (N-methyl/N-ethyl adjacent to an activating group) is 1. The molecule has 6 heteroatoms. The molecule has 0 saturated carbocycles. The van der Waals surface area contributed by atoms with E-state index in [9.17, 15) is 9.59 Å². The third-order valence-corrected chi connectivity index (χ3v) is 3.86. The van der Waals surface area contributed by atoms with Crippen LogP contribution in [0.25, 0.3) is 10.9 Å². The summed E-state index contributed by atoms with van der Waals surface area (Å²) >= 11 is 0. The minimum Gasteiger partial charge on any atom is -0.465 e. The number of ether oxygens (including phenoxy) is 1. The van der Waals surface area contributed by atoms with Crippen molar-refractivity contribution in [1.29, 1.82) is 0 Å². The van der Waals surface area contributed by atoms with Gasteiger partial charge in [0.25, 0.3) is 5.91 Å². The minimum atomic E-state index is -0.384. The highest BCUT2D eigenvalue weighted by molar-refractivity contribution is 5.99. The van der Waals surface area contributed by atoms with E-state index in [2.05, 4.69) is 0 Å². The van der Waals surface area contributed by atoms with Crippen LogP contribution in [-0.2, 0) is 16.6 Å². The standard InChI is InChI=1S/C18H25N3O3/c1-5-24-17(22)13-21(11-10-19(2)3)18(23)15-6-7-16-14(12-15)8-9-20(16)4/h6-9,12H,5,10-11,13H2,1-4H3. The number of carbonyl (C=O) groups excluding carboxylic acids is 2. The Balaban J connectivity index is 2.21. The molecular formula is C18H25N3O3. The van der Waals surface area contributed by atoms with Crippen molar-refractivity contribution in [3.05, 3.63) is 36.0 Å². The van der Waals surface area contributed by atoms with Crippen molar-refractivity contribution in [2.75, 3.05) is 40.3 Å². The molecule has 1 aromatic heterocycles. The normalized spacial score (nSPS) is 11.0. The molecule has 6 nitrogen and oxygen atoms in total. The molecule has 0 aliphatic carbocycles. The van der Waals surface area contributed by atoms with E-state index < -0.39 is 0 Å². The quantitative estimate of drug-likeness (QED) is 0.725. The third kappa shape index (κ3) is 4.35. The average molecular weight is 331 g/mol. The second-order valence-electron chi connectivity index (χ2n) is 6.04. The number of esters is 1. The zero-order valence-electron chi connectivity index (χ0n) is 14.8. The van der Waals surface area contributed by atoms with Gasteiger partial charge in [-0.2, -0.15) is 0 Å². The van der Waals surface area contributed by atoms with Gasteiger partial charge in [-0.1, -0.05) is 0 Å². The molecule has 0 radical (unpaired) electrons. The first-order chi connectivity index (χ1) is 11.4. The minimum absolute atomic E-state index is 0.0344. The van der Waals surface area contributed by atoms with Gasteiger partial charge in [0.2, 0.25) is 0 Å². The van der Waals surface area contributed by atoms with Crippen molar-refractivity contribution in [1.82, 2.24) is 14.4 Å². The smallest absolute Gasteiger partial charge is 0.325 e. The number of carbonyl (C=O) groups is 2. The first-order valence-electron chi connectivity index (χ1n) is 8.07. The summed E-state index contributed by atoms with van der Waals surface area (Å²) in [6, 6.07) is 7.57. The van der Waals surface area contributed by atoms with Crippen LogP contribution in [0.5, 0.6) is 0 Å². The maximum Gasteiger partial charge on any atom is 0.325 e. The summed E-state index contributed by atoms with van der Waals surface area (Å²) in [6.45, 7) is 3.18. The highest BCUT2D eigenvalue weighted by atomic mass is 16.5. The van der Waals surface area contributed by atoms with Gasteiger partial charge >= 0.3 is 5.97 Å². The number of hydrogen-bond acceptors (Lipinski definition) is 4. The highest BCUT2D eigenvalue weighted by Crippen LogP contribution is 2.18. The largest absolute Gasteiger partial charge is 0.465 e. The molecule has 1 amide bonds. The summed E-state index contributed by atoms with van der Waals surface area (Å²) < 4.78 is 6.99. The lowest BCUT2D eigenvalue weighted by atomic mass is 10.1. The summed E-state index contributed by atoms with van der Waals surface area (Å²) in [4.78, 5) is 28.2. The van der Waals surface area contributed by atoms with E-state index in [1.807, 2.05) is 55.0 Å². The number of hydrogen-bond donors (Lipinski definition) is 0. The monoisotopic (exact) mass is 331 g/mol. The van der Waals surface area contributed by atoms with E-state index >= 15 is 0 Å². The molecule has 1 aromatic carbocycles. The maximum atomic E-state index is 12.8. The topological polar surface area (TPSA) is 54.8 Å². The molecule has 0 atom stereocenters. The molecule has 0 saturated heterocycles. The molecule has 0 N–H and O–H groups in total. The number of fused-ring (bicyclic) bond motifs is 1. The van der Waals surface area contributed by atoms with Gasteiger partial charge in [0.15, 0.2) is 0 Å². The van der Waals surface area contributed by atoms with E-state index in [4.69, 9.17) is 4.74 Å². The maximum absolute atomic E-state index is 12.8. The molecular weight excluding hydrogens is 306 g/mol. The molecule has 130 valence electrons. The Morgan fingerprint density at radius 1 is 1.17 bits per heavy atom. The lowest BCUT2D eigenvalue weighted by Crippen LogP contribution is -2.40. The Hall–Kier alpha value is -2.34. The van der Waals surface area contributed by atoms with E-state index in [-0.39, 0.29) is 18.4 Å². The van der Waals surface area contributed by atoms with Gasteiger partial charge in [0.1, 0.15) is 6.54 Å². The van der Waals surface area contributed by atoms with Crippen LogP contribution in [0.1, 0.15) is 17.3 Å². The molecule has 0 bridgehead atoms. The van der Waals surface area contributed by atoms with Gasteiger partial charge in [-0.25, -0.2) is 0 Å². The number of benzene rings is 1. The third-order valence-electron chi connectivity index (χ3n) is 3.86. The molecule has 2 rings (SSSR count). The number of rotatable bonds is 7. The Kier molecular flexibility index (Phi) is 5.98. The molecule has 0 aliphatic heterocycles. The van der Waals surface area contributed by atoms with E-state index in [1.165, 1.54) is 0 Å². The average Bonchev–Trinajstić information content (AvgIpc) is 2.91. The van der Waals surface area contributed by atoms with E-state index in [1.54, 1.807) is 17.9 Å². The van der Waals surface area contributed by atoms with Gasteiger partial charge in [0.05, 0.1) is 6.61 Å². The summed E-state index contributed by atoms with van der Waals surface area (Å²) in [5, 5.41) is 1.01. The van der Waals surface area contributed by atoms with Gasteiger partial charge < -0.3 is 19.1 Å². The highest BCUT2D eigenvalue weighted by Gasteiger charge is 2.20. The lowest BCUT2D eigenvalue weighted by Gasteiger charge is -2.23. The number of amides is 1. The Bertz CT molecular complexity index is 721. The first kappa shape index (κ1) is 18.0.